The molecule has 0 bridgehead atoms. The van der Waals surface area contributed by atoms with Crippen molar-refractivity contribution in [3.05, 3.63) is 95.0 Å². The van der Waals surface area contributed by atoms with E-state index in [1.54, 1.807) is 0 Å². The van der Waals surface area contributed by atoms with Gasteiger partial charge in [0.05, 0.1) is 22.1 Å². The quantitative estimate of drug-likeness (QED) is 0.145. The van der Waals surface area contributed by atoms with Gasteiger partial charge in [-0.05, 0) is 74.9 Å². The first-order chi connectivity index (χ1) is 25.7. The zero-order valence-corrected chi connectivity index (χ0v) is 30.6. The third-order valence-corrected chi connectivity index (χ3v) is 10.9. The van der Waals surface area contributed by atoms with Crippen molar-refractivity contribution in [2.45, 2.75) is 38.5 Å². The van der Waals surface area contributed by atoms with Crippen molar-refractivity contribution in [3.63, 3.8) is 0 Å². The molecule has 6 nitrogen and oxygen atoms in total. The van der Waals surface area contributed by atoms with E-state index in [0.717, 1.165) is 93.6 Å². The third-order valence-electron chi connectivity index (χ3n) is 10.4. The lowest BCUT2D eigenvalue weighted by Gasteiger charge is -2.06. The molecular weight excluding hydrogens is 689 g/mol. The van der Waals surface area contributed by atoms with E-state index in [0.29, 0.717) is 0 Å². The van der Waals surface area contributed by atoms with Gasteiger partial charge in [-0.3, -0.25) is 0 Å². The molecule has 52 heavy (non-hydrogen) atoms. The summed E-state index contributed by atoms with van der Waals surface area (Å²) in [4.78, 5) is 11.3. The second kappa shape index (κ2) is 14.6. The molecule has 9 aromatic rings. The zero-order chi connectivity index (χ0) is 35.0. The monoisotopic (exact) mass is 729 g/mol. The largest absolute Gasteiger partial charge is 0.381 e. The highest BCUT2D eigenvalue weighted by atomic mass is 35.5. The summed E-state index contributed by atoms with van der Waals surface area (Å²) in [5, 5.41) is 13.2. The van der Waals surface area contributed by atoms with Gasteiger partial charge in [0, 0.05) is 115 Å². The van der Waals surface area contributed by atoms with Crippen molar-refractivity contribution in [3.8, 4) is 0 Å². The van der Waals surface area contributed by atoms with Crippen molar-refractivity contribution < 1.29 is 14.2 Å². The van der Waals surface area contributed by atoms with Crippen molar-refractivity contribution in [2.24, 2.45) is 0 Å². The number of fused-ring (bicyclic) bond motifs is 17. The van der Waals surface area contributed by atoms with Gasteiger partial charge in [-0.15, -0.1) is 0 Å². The van der Waals surface area contributed by atoms with Crippen molar-refractivity contribution in [1.82, 2.24) is 15.0 Å². The lowest BCUT2D eigenvalue weighted by atomic mass is 9.95. The molecule has 264 valence electrons. The predicted molar refractivity (Wildman–Crippen MR) is 220 cm³/mol. The molecule has 0 aliphatic carbocycles. The highest BCUT2D eigenvalue weighted by Gasteiger charge is 2.23. The van der Waals surface area contributed by atoms with Gasteiger partial charge >= 0.3 is 0 Å². The van der Waals surface area contributed by atoms with Gasteiger partial charge in [0.1, 0.15) is 0 Å². The fourth-order valence-electron chi connectivity index (χ4n) is 8.02. The fraction of sp³-hybridized carbons (Fsp3) is 0.273. The van der Waals surface area contributed by atoms with E-state index in [-0.39, 0.29) is 0 Å². The first kappa shape index (κ1) is 33.5. The van der Waals surface area contributed by atoms with Crippen LogP contribution in [0.5, 0.6) is 0 Å². The number of hydrogen-bond donors (Lipinski definition) is 3. The summed E-state index contributed by atoms with van der Waals surface area (Å²) in [5.74, 6) is 0. The van der Waals surface area contributed by atoms with Crippen molar-refractivity contribution >= 4 is 110 Å². The highest BCUT2D eigenvalue weighted by molar-refractivity contribution is 6.45. The Morgan fingerprint density at radius 3 is 1.00 bits per heavy atom. The first-order valence-electron chi connectivity index (χ1n) is 18.5. The Labute approximate surface area is 311 Å². The first-order valence-corrected chi connectivity index (χ1v) is 19.2. The lowest BCUT2D eigenvalue weighted by Crippen LogP contribution is -1.80. The van der Waals surface area contributed by atoms with Crippen LogP contribution in [-0.4, -0.2) is 54.6 Å². The molecule has 0 spiro atoms. The van der Waals surface area contributed by atoms with Gasteiger partial charge in [0.25, 0.3) is 0 Å². The molecule has 0 atom stereocenters. The molecule has 8 heteroatoms. The Hall–Kier alpha value is -4.30. The Balaban J connectivity index is 0.000000199. The van der Waals surface area contributed by atoms with Gasteiger partial charge < -0.3 is 29.2 Å². The van der Waals surface area contributed by atoms with Crippen molar-refractivity contribution in [1.29, 1.82) is 0 Å². The van der Waals surface area contributed by atoms with Gasteiger partial charge in [-0.1, -0.05) is 71.7 Å². The number of aromatic amines is 3. The lowest BCUT2D eigenvalue weighted by molar-refractivity contribution is 0.198. The SMILES string of the molecule is C1CCOC1.C1CCOC1.C1CCOC1.Clc1ccc2[nH]c3c4ccccc4c4[nH]c5c6ccccc6c6[nH]c7ccc(Cl)cc7c6c5c4c3c2c1. The number of rotatable bonds is 0. The van der Waals surface area contributed by atoms with Gasteiger partial charge in [0.2, 0.25) is 0 Å². The average molecular weight is 731 g/mol. The number of H-pyrrole nitrogens is 3. The van der Waals surface area contributed by atoms with Crippen LogP contribution in [0.3, 0.4) is 0 Å². The number of hydrogen-bond acceptors (Lipinski definition) is 3. The molecule has 0 saturated carbocycles. The van der Waals surface area contributed by atoms with Crippen LogP contribution in [0.15, 0.2) is 84.9 Å². The molecule has 3 N–H and O–H groups in total. The van der Waals surface area contributed by atoms with Gasteiger partial charge in [-0.2, -0.15) is 0 Å². The van der Waals surface area contributed by atoms with E-state index in [2.05, 4.69) is 87.7 Å². The summed E-state index contributed by atoms with van der Waals surface area (Å²) in [6, 6.07) is 29.4. The normalized spacial score (nSPS) is 15.9. The Bertz CT molecular complexity index is 2500. The maximum absolute atomic E-state index is 6.55. The molecule has 3 aromatic heterocycles. The zero-order valence-electron chi connectivity index (χ0n) is 29.0. The summed E-state index contributed by atoms with van der Waals surface area (Å²) in [5.41, 5.74) is 6.66. The van der Waals surface area contributed by atoms with Crippen LogP contribution in [0.25, 0.3) is 87.0 Å². The van der Waals surface area contributed by atoms with Crippen LogP contribution in [-0.2, 0) is 14.2 Å². The van der Waals surface area contributed by atoms with E-state index in [1.807, 2.05) is 12.1 Å². The Kier molecular flexibility index (Phi) is 9.42. The van der Waals surface area contributed by atoms with Gasteiger partial charge in [0.15, 0.2) is 0 Å². The van der Waals surface area contributed by atoms with E-state index < -0.39 is 0 Å². The minimum atomic E-state index is 0.726. The Morgan fingerprint density at radius 1 is 0.365 bits per heavy atom. The minimum Gasteiger partial charge on any atom is -0.381 e. The van der Waals surface area contributed by atoms with Crippen LogP contribution in [0.2, 0.25) is 10.0 Å². The summed E-state index contributed by atoms with van der Waals surface area (Å²) in [6.07, 6.45) is 7.67. The van der Waals surface area contributed by atoms with E-state index in [4.69, 9.17) is 37.4 Å². The Morgan fingerprint density at radius 2 is 0.692 bits per heavy atom. The number of halogens is 2. The molecule has 12 rings (SSSR count). The number of benzene rings is 6. The van der Waals surface area contributed by atoms with Crippen LogP contribution in [0, 0.1) is 0 Å². The van der Waals surface area contributed by atoms with E-state index in [1.165, 1.54) is 81.6 Å². The molecule has 3 aliphatic heterocycles. The predicted octanol–water partition coefficient (Wildman–Crippen LogP) is 12.6. The highest BCUT2D eigenvalue weighted by Crippen LogP contribution is 2.48. The topological polar surface area (TPSA) is 75.1 Å². The maximum Gasteiger partial charge on any atom is 0.0552 e. The van der Waals surface area contributed by atoms with Crippen LogP contribution >= 0.6 is 23.2 Å². The molecule has 6 aromatic carbocycles. The molecule has 3 aliphatic rings. The second-order valence-electron chi connectivity index (χ2n) is 13.8. The van der Waals surface area contributed by atoms with Crippen molar-refractivity contribution in [2.75, 3.05) is 39.6 Å². The van der Waals surface area contributed by atoms with Gasteiger partial charge in [-0.25, -0.2) is 0 Å². The molecule has 0 amide bonds. The summed E-state index contributed by atoms with van der Waals surface area (Å²) >= 11 is 13.1. The molecule has 3 fully saturated rings. The standard InChI is InChI=1S/C32H17Cl2N3.3C4H8O/c33-15-9-11-23-21(13-15)25-27-28-26-22-14-16(34)10-12-24(22)36-30(26)18-6-2-4-8-20(18)32(28)37-31(27)19-7-3-1-5-17(19)29(25)35-23;3*1-2-4-5-3-1/h1-14,35-37H;3*1-4H2. The summed E-state index contributed by atoms with van der Waals surface area (Å²) < 4.78 is 14.8. The third kappa shape index (κ3) is 6.07. The molecule has 0 unspecified atom stereocenters. The minimum absolute atomic E-state index is 0.726. The molecular formula is C44H41Cl2N3O3. The number of aromatic nitrogens is 3. The number of nitrogens with one attached hydrogen (secondary N) is 3. The second-order valence-corrected chi connectivity index (χ2v) is 14.7. The fourth-order valence-corrected chi connectivity index (χ4v) is 8.37. The number of ether oxygens (including phenoxy) is 3. The average Bonchev–Trinajstić information content (AvgIpc) is 4.04. The summed E-state index contributed by atoms with van der Waals surface area (Å²) in [7, 11) is 0. The van der Waals surface area contributed by atoms with E-state index in [9.17, 15) is 0 Å². The van der Waals surface area contributed by atoms with Crippen LogP contribution in [0.4, 0.5) is 0 Å². The molecule has 3 saturated heterocycles. The summed E-state index contributed by atoms with van der Waals surface area (Å²) in [6.45, 7) is 6.00. The van der Waals surface area contributed by atoms with E-state index >= 15 is 0 Å². The molecule has 0 radical (unpaired) electrons. The maximum atomic E-state index is 6.55. The van der Waals surface area contributed by atoms with Crippen LogP contribution in [0.1, 0.15) is 38.5 Å². The smallest absolute Gasteiger partial charge is 0.0552 e. The van der Waals surface area contributed by atoms with Crippen LogP contribution < -0.4 is 0 Å². The molecule has 6 heterocycles.